The van der Waals surface area contributed by atoms with Gasteiger partial charge in [0.15, 0.2) is 0 Å². The van der Waals surface area contributed by atoms with Crippen LogP contribution in [0.2, 0.25) is 0 Å². The molecule has 3 rings (SSSR count). The zero-order valence-electron chi connectivity index (χ0n) is 10.5. The van der Waals surface area contributed by atoms with Crippen molar-refractivity contribution in [2.24, 2.45) is 0 Å². The molecule has 0 N–H and O–H groups in total. The van der Waals surface area contributed by atoms with Gasteiger partial charge in [0.25, 0.3) is 0 Å². The van der Waals surface area contributed by atoms with Gasteiger partial charge in [0.2, 0.25) is 11.7 Å². The minimum absolute atomic E-state index is 0.277. The number of aryl methyl sites for hydroxylation is 1. The lowest BCUT2D eigenvalue weighted by atomic mass is 10.4. The second-order valence-corrected chi connectivity index (χ2v) is 6.57. The summed E-state index contributed by atoms with van der Waals surface area (Å²) in [5.41, 5.74) is 0. The first-order valence-corrected chi connectivity index (χ1v) is 8.37. The SMILES string of the molecule is O=S(CCn1cccn1)Cc1nc(-c2cccs2)no1. The summed E-state index contributed by atoms with van der Waals surface area (Å²) in [6, 6.07) is 5.69. The molecule has 6 nitrogen and oxygen atoms in total. The Kier molecular flexibility index (Phi) is 4.03. The molecule has 1 atom stereocenters. The zero-order valence-corrected chi connectivity index (χ0v) is 12.1. The Bertz CT molecular complexity index is 676. The highest BCUT2D eigenvalue weighted by Crippen LogP contribution is 2.21. The third-order valence-corrected chi connectivity index (χ3v) is 4.67. The van der Waals surface area contributed by atoms with Crippen LogP contribution in [0, 0.1) is 0 Å². The Labute approximate surface area is 121 Å². The maximum Gasteiger partial charge on any atom is 0.239 e. The molecule has 0 aliphatic rings. The summed E-state index contributed by atoms with van der Waals surface area (Å²) < 4.78 is 18.8. The van der Waals surface area contributed by atoms with Gasteiger partial charge < -0.3 is 4.52 Å². The molecule has 20 heavy (non-hydrogen) atoms. The Morgan fingerprint density at radius 1 is 1.40 bits per heavy atom. The molecule has 0 fully saturated rings. The van der Waals surface area contributed by atoms with Gasteiger partial charge in [-0.05, 0) is 17.5 Å². The minimum atomic E-state index is -1.04. The first-order valence-electron chi connectivity index (χ1n) is 6.00. The molecular formula is C12H12N4O2S2. The van der Waals surface area contributed by atoms with E-state index < -0.39 is 10.8 Å². The van der Waals surface area contributed by atoms with Gasteiger partial charge in [-0.3, -0.25) is 8.89 Å². The van der Waals surface area contributed by atoms with E-state index in [4.69, 9.17) is 4.52 Å². The fraction of sp³-hybridized carbons (Fsp3) is 0.250. The summed E-state index contributed by atoms with van der Waals surface area (Å²) in [5.74, 6) is 1.75. The molecular weight excluding hydrogens is 296 g/mol. The van der Waals surface area contributed by atoms with Crippen LogP contribution in [0.25, 0.3) is 10.7 Å². The lowest BCUT2D eigenvalue weighted by Crippen LogP contribution is -2.09. The van der Waals surface area contributed by atoms with E-state index in [0.717, 1.165) is 4.88 Å². The van der Waals surface area contributed by atoms with Gasteiger partial charge in [-0.2, -0.15) is 10.1 Å². The summed E-state index contributed by atoms with van der Waals surface area (Å²) in [6.07, 6.45) is 3.55. The molecule has 1 unspecified atom stereocenters. The molecule has 3 aromatic heterocycles. The fourth-order valence-electron chi connectivity index (χ4n) is 1.66. The fourth-order valence-corrected chi connectivity index (χ4v) is 3.23. The van der Waals surface area contributed by atoms with Gasteiger partial charge >= 0.3 is 0 Å². The molecule has 0 aromatic carbocycles. The van der Waals surface area contributed by atoms with E-state index in [0.29, 0.717) is 24.0 Å². The van der Waals surface area contributed by atoms with E-state index in [-0.39, 0.29) is 5.75 Å². The summed E-state index contributed by atoms with van der Waals surface area (Å²) in [5, 5.41) is 9.91. The Morgan fingerprint density at radius 3 is 3.10 bits per heavy atom. The Hall–Kier alpha value is -1.80. The predicted molar refractivity (Wildman–Crippen MR) is 76.6 cm³/mol. The number of rotatable bonds is 6. The maximum atomic E-state index is 11.9. The van der Waals surface area contributed by atoms with Gasteiger partial charge in [-0.15, -0.1) is 11.3 Å². The van der Waals surface area contributed by atoms with Gasteiger partial charge in [0.1, 0.15) is 5.75 Å². The highest BCUT2D eigenvalue weighted by Gasteiger charge is 2.12. The number of aromatic nitrogens is 4. The third kappa shape index (κ3) is 3.20. The van der Waals surface area contributed by atoms with Crippen LogP contribution in [0.5, 0.6) is 0 Å². The predicted octanol–water partition coefficient (Wildman–Crippen LogP) is 1.94. The van der Waals surface area contributed by atoms with E-state index in [9.17, 15) is 4.21 Å². The molecule has 0 spiro atoms. The summed E-state index contributed by atoms with van der Waals surface area (Å²) >= 11 is 1.54. The lowest BCUT2D eigenvalue weighted by Gasteiger charge is -1.99. The van der Waals surface area contributed by atoms with Gasteiger partial charge in [-0.1, -0.05) is 11.2 Å². The summed E-state index contributed by atoms with van der Waals surface area (Å²) in [4.78, 5) is 5.20. The van der Waals surface area contributed by atoms with Gasteiger partial charge in [-0.25, -0.2) is 0 Å². The number of nitrogens with zero attached hydrogens (tertiary/aromatic N) is 4. The van der Waals surface area contributed by atoms with Crippen molar-refractivity contribution in [3.05, 3.63) is 41.9 Å². The Balaban J connectivity index is 1.56. The van der Waals surface area contributed by atoms with Crippen LogP contribution in [-0.2, 0) is 23.1 Å². The van der Waals surface area contributed by atoms with Crippen molar-refractivity contribution in [2.45, 2.75) is 12.3 Å². The molecule has 104 valence electrons. The average Bonchev–Trinajstić information content (AvgIpc) is 3.18. The Morgan fingerprint density at radius 2 is 2.35 bits per heavy atom. The molecule has 0 aliphatic heterocycles. The molecule has 0 saturated carbocycles. The number of hydrogen-bond donors (Lipinski definition) is 0. The topological polar surface area (TPSA) is 73.8 Å². The smallest absolute Gasteiger partial charge is 0.239 e. The van der Waals surface area contributed by atoms with Crippen molar-refractivity contribution in [1.82, 2.24) is 19.9 Å². The minimum Gasteiger partial charge on any atom is -0.338 e. The normalized spacial score (nSPS) is 12.6. The number of thiophene rings is 1. The first kappa shape index (κ1) is 13.2. The van der Waals surface area contributed by atoms with Crippen molar-refractivity contribution < 1.29 is 8.73 Å². The van der Waals surface area contributed by atoms with Crippen LogP contribution in [0.3, 0.4) is 0 Å². The zero-order chi connectivity index (χ0) is 13.8. The van der Waals surface area contributed by atoms with Crippen LogP contribution in [0.15, 0.2) is 40.5 Å². The molecule has 8 heteroatoms. The van der Waals surface area contributed by atoms with Crippen LogP contribution in [-0.4, -0.2) is 29.9 Å². The molecule has 0 radical (unpaired) electrons. The van der Waals surface area contributed by atoms with Gasteiger partial charge in [0, 0.05) is 28.9 Å². The lowest BCUT2D eigenvalue weighted by molar-refractivity contribution is 0.391. The standard InChI is InChI=1S/C12H12N4O2S2/c17-20(8-6-16-5-2-4-13-16)9-11-14-12(15-18-11)10-3-1-7-19-10/h1-5,7H,6,8-9H2. The quantitative estimate of drug-likeness (QED) is 0.696. The second-order valence-electron chi connectivity index (χ2n) is 4.05. The molecule has 0 aliphatic carbocycles. The van der Waals surface area contributed by atoms with Crippen molar-refractivity contribution in [3.8, 4) is 10.7 Å². The van der Waals surface area contributed by atoms with E-state index in [1.54, 1.807) is 22.2 Å². The highest BCUT2D eigenvalue weighted by molar-refractivity contribution is 7.84. The van der Waals surface area contributed by atoms with Crippen molar-refractivity contribution in [1.29, 1.82) is 0 Å². The van der Waals surface area contributed by atoms with E-state index in [1.807, 2.05) is 29.8 Å². The number of hydrogen-bond acceptors (Lipinski definition) is 6. The van der Waals surface area contributed by atoms with Crippen molar-refractivity contribution in [2.75, 3.05) is 5.75 Å². The van der Waals surface area contributed by atoms with E-state index in [1.165, 1.54) is 0 Å². The summed E-state index contributed by atoms with van der Waals surface area (Å²) in [7, 11) is -1.04. The molecule has 0 saturated heterocycles. The third-order valence-electron chi connectivity index (χ3n) is 2.60. The van der Waals surface area contributed by atoms with Crippen LogP contribution in [0.4, 0.5) is 0 Å². The van der Waals surface area contributed by atoms with E-state index in [2.05, 4.69) is 15.2 Å². The van der Waals surface area contributed by atoms with Gasteiger partial charge in [0.05, 0.1) is 11.4 Å². The monoisotopic (exact) mass is 308 g/mol. The molecule has 0 bridgehead atoms. The highest BCUT2D eigenvalue weighted by atomic mass is 32.2. The van der Waals surface area contributed by atoms with Crippen molar-refractivity contribution >= 4 is 22.1 Å². The van der Waals surface area contributed by atoms with E-state index >= 15 is 0 Å². The maximum absolute atomic E-state index is 11.9. The van der Waals surface area contributed by atoms with Crippen LogP contribution in [0.1, 0.15) is 5.89 Å². The van der Waals surface area contributed by atoms with Crippen molar-refractivity contribution in [3.63, 3.8) is 0 Å². The van der Waals surface area contributed by atoms with Crippen LogP contribution >= 0.6 is 11.3 Å². The van der Waals surface area contributed by atoms with Crippen LogP contribution < -0.4 is 0 Å². The largest absolute Gasteiger partial charge is 0.338 e. The molecule has 3 heterocycles. The summed E-state index contributed by atoms with van der Waals surface area (Å²) in [6.45, 7) is 0.617. The molecule has 0 amide bonds. The molecule has 3 aromatic rings. The second kappa shape index (κ2) is 6.10. The first-order chi connectivity index (χ1) is 9.81. The average molecular weight is 308 g/mol.